The van der Waals surface area contributed by atoms with Gasteiger partial charge in [0.2, 0.25) is 5.91 Å². The molecule has 6 heteroatoms. The van der Waals surface area contributed by atoms with Gasteiger partial charge < -0.3 is 5.32 Å². The molecular formula is C22H22FN3O2. The van der Waals surface area contributed by atoms with Crippen LogP contribution in [-0.2, 0) is 11.3 Å². The second-order valence-corrected chi connectivity index (χ2v) is 6.76. The van der Waals surface area contributed by atoms with Crippen molar-refractivity contribution in [2.45, 2.75) is 33.2 Å². The Balaban J connectivity index is 1.60. The molecule has 0 radical (unpaired) electrons. The Kier molecular flexibility index (Phi) is 5.99. The normalized spacial score (nSPS) is 10.7. The molecule has 1 aromatic heterocycles. The molecule has 0 saturated heterocycles. The van der Waals surface area contributed by atoms with Crippen molar-refractivity contribution in [3.8, 4) is 11.3 Å². The first kappa shape index (κ1) is 19.5. The Bertz CT molecular complexity index is 1040. The lowest BCUT2D eigenvalue weighted by atomic mass is 10.1. The summed E-state index contributed by atoms with van der Waals surface area (Å²) in [7, 11) is 0. The molecule has 0 atom stereocenters. The highest BCUT2D eigenvalue weighted by Crippen LogP contribution is 2.16. The molecule has 1 amide bonds. The third-order valence-corrected chi connectivity index (χ3v) is 4.44. The Morgan fingerprint density at radius 3 is 2.54 bits per heavy atom. The summed E-state index contributed by atoms with van der Waals surface area (Å²) in [6, 6.07) is 15.7. The molecule has 2 aromatic carbocycles. The molecule has 28 heavy (non-hydrogen) atoms. The maximum Gasteiger partial charge on any atom is 0.266 e. The topological polar surface area (TPSA) is 64.0 Å². The average Bonchev–Trinajstić information content (AvgIpc) is 2.67. The van der Waals surface area contributed by atoms with Gasteiger partial charge in [0.05, 0.1) is 5.69 Å². The molecule has 0 unspecified atom stereocenters. The van der Waals surface area contributed by atoms with Crippen LogP contribution in [0.15, 0.2) is 59.4 Å². The lowest BCUT2D eigenvalue weighted by molar-refractivity contribution is -0.116. The average molecular weight is 379 g/mol. The lowest BCUT2D eigenvalue weighted by Gasteiger charge is -2.08. The number of amides is 1. The van der Waals surface area contributed by atoms with E-state index in [0.29, 0.717) is 29.9 Å². The van der Waals surface area contributed by atoms with Crippen molar-refractivity contribution >= 4 is 11.6 Å². The van der Waals surface area contributed by atoms with Crippen LogP contribution in [0.2, 0.25) is 0 Å². The van der Waals surface area contributed by atoms with Crippen LogP contribution >= 0.6 is 0 Å². The van der Waals surface area contributed by atoms with Crippen LogP contribution in [-0.4, -0.2) is 15.7 Å². The van der Waals surface area contributed by atoms with Crippen LogP contribution in [0.4, 0.5) is 10.1 Å². The zero-order chi connectivity index (χ0) is 20.1. The maximum absolute atomic E-state index is 13.5. The summed E-state index contributed by atoms with van der Waals surface area (Å²) in [4.78, 5) is 24.1. The molecule has 5 nitrogen and oxygen atoms in total. The van der Waals surface area contributed by atoms with Gasteiger partial charge in [-0.1, -0.05) is 35.9 Å². The van der Waals surface area contributed by atoms with Gasteiger partial charge in [0, 0.05) is 30.3 Å². The summed E-state index contributed by atoms with van der Waals surface area (Å²) in [5.74, 6) is -0.590. The number of hydrogen-bond donors (Lipinski definition) is 1. The molecule has 0 bridgehead atoms. The number of benzene rings is 2. The largest absolute Gasteiger partial charge is 0.326 e. The van der Waals surface area contributed by atoms with Crippen molar-refractivity contribution in [3.63, 3.8) is 0 Å². The summed E-state index contributed by atoms with van der Waals surface area (Å²) in [6.07, 6.45) is 0.656. The third-order valence-electron chi connectivity index (χ3n) is 4.44. The number of anilines is 1. The van der Waals surface area contributed by atoms with Gasteiger partial charge in [0.1, 0.15) is 5.82 Å². The van der Waals surface area contributed by atoms with Crippen LogP contribution in [0.25, 0.3) is 11.3 Å². The van der Waals surface area contributed by atoms with E-state index in [1.165, 1.54) is 16.8 Å². The monoisotopic (exact) mass is 379 g/mol. The van der Waals surface area contributed by atoms with E-state index in [4.69, 9.17) is 0 Å². The highest BCUT2D eigenvalue weighted by molar-refractivity contribution is 5.90. The maximum atomic E-state index is 13.5. The minimum absolute atomic E-state index is 0.207. The number of rotatable bonds is 6. The van der Waals surface area contributed by atoms with Crippen molar-refractivity contribution in [1.82, 2.24) is 9.78 Å². The fourth-order valence-electron chi connectivity index (χ4n) is 2.77. The van der Waals surface area contributed by atoms with Crippen molar-refractivity contribution < 1.29 is 9.18 Å². The number of nitrogens with one attached hydrogen (secondary N) is 1. The van der Waals surface area contributed by atoms with E-state index in [9.17, 15) is 14.0 Å². The van der Waals surface area contributed by atoms with Crippen LogP contribution < -0.4 is 10.9 Å². The van der Waals surface area contributed by atoms with Gasteiger partial charge in [0.25, 0.3) is 5.56 Å². The minimum Gasteiger partial charge on any atom is -0.326 e. The predicted molar refractivity (Wildman–Crippen MR) is 108 cm³/mol. The smallest absolute Gasteiger partial charge is 0.266 e. The Labute approximate surface area is 162 Å². The highest BCUT2D eigenvalue weighted by atomic mass is 19.1. The van der Waals surface area contributed by atoms with Gasteiger partial charge >= 0.3 is 0 Å². The van der Waals surface area contributed by atoms with Crippen molar-refractivity contribution in [1.29, 1.82) is 0 Å². The predicted octanol–water partition coefficient (Wildman–Crippen LogP) is 4.09. The minimum atomic E-state index is -0.360. The van der Waals surface area contributed by atoms with E-state index >= 15 is 0 Å². The number of aromatic nitrogens is 2. The Morgan fingerprint density at radius 1 is 1.07 bits per heavy atom. The summed E-state index contributed by atoms with van der Waals surface area (Å²) < 4.78 is 14.9. The fourth-order valence-corrected chi connectivity index (χ4v) is 2.77. The second kappa shape index (κ2) is 8.61. The summed E-state index contributed by atoms with van der Waals surface area (Å²) in [5, 5.41) is 7.06. The van der Waals surface area contributed by atoms with E-state index in [0.717, 1.165) is 11.1 Å². The molecule has 0 aliphatic heterocycles. The van der Waals surface area contributed by atoms with Crippen LogP contribution in [0.1, 0.15) is 24.0 Å². The number of halogens is 1. The molecule has 1 N–H and O–H groups in total. The van der Waals surface area contributed by atoms with E-state index in [1.807, 2.05) is 31.2 Å². The fraction of sp³-hybridized carbons (Fsp3) is 0.227. The lowest BCUT2D eigenvalue weighted by Crippen LogP contribution is -2.23. The third kappa shape index (κ3) is 4.91. The second-order valence-electron chi connectivity index (χ2n) is 6.76. The number of nitrogens with zero attached hydrogens (tertiary/aromatic N) is 2. The molecule has 3 aromatic rings. The van der Waals surface area contributed by atoms with Gasteiger partial charge in [0.15, 0.2) is 0 Å². The van der Waals surface area contributed by atoms with Gasteiger partial charge in [-0.3, -0.25) is 9.59 Å². The van der Waals surface area contributed by atoms with Gasteiger partial charge in [-0.15, -0.1) is 0 Å². The first-order valence-corrected chi connectivity index (χ1v) is 9.13. The molecule has 0 spiro atoms. The molecule has 1 heterocycles. The number of carbonyl (C=O) groups excluding carboxylic acids is 1. The first-order valence-electron chi connectivity index (χ1n) is 9.13. The standard InChI is InChI=1S/C22H22FN3O2/c1-15-5-8-17(9-6-15)20-11-12-22(28)26(25-20)13-3-4-21(27)24-18-10-7-16(2)19(23)14-18/h5-12,14H,3-4,13H2,1-2H3,(H,24,27). The van der Waals surface area contributed by atoms with Crippen molar-refractivity contribution in [2.75, 3.05) is 5.32 Å². The van der Waals surface area contributed by atoms with E-state index in [1.54, 1.807) is 25.1 Å². The van der Waals surface area contributed by atoms with E-state index < -0.39 is 0 Å². The van der Waals surface area contributed by atoms with Crippen LogP contribution in [0.5, 0.6) is 0 Å². The number of carbonyl (C=O) groups is 1. The quantitative estimate of drug-likeness (QED) is 0.702. The first-order chi connectivity index (χ1) is 13.4. The van der Waals surface area contributed by atoms with Gasteiger partial charge in [-0.05, 0) is 44.0 Å². The molecular weight excluding hydrogens is 357 g/mol. The van der Waals surface area contributed by atoms with E-state index in [2.05, 4.69) is 10.4 Å². The van der Waals surface area contributed by atoms with Crippen molar-refractivity contribution in [2.24, 2.45) is 0 Å². The van der Waals surface area contributed by atoms with Crippen molar-refractivity contribution in [3.05, 3.63) is 81.9 Å². The number of hydrogen-bond acceptors (Lipinski definition) is 3. The number of aryl methyl sites for hydroxylation is 3. The zero-order valence-corrected chi connectivity index (χ0v) is 15.9. The summed E-state index contributed by atoms with van der Waals surface area (Å²) >= 11 is 0. The van der Waals surface area contributed by atoms with E-state index in [-0.39, 0.29) is 23.7 Å². The summed E-state index contributed by atoms with van der Waals surface area (Å²) in [5.41, 5.74) is 3.52. The Morgan fingerprint density at radius 2 is 1.82 bits per heavy atom. The molecule has 0 aliphatic carbocycles. The molecule has 144 valence electrons. The van der Waals surface area contributed by atoms with Gasteiger partial charge in [-0.2, -0.15) is 5.10 Å². The molecule has 3 rings (SSSR count). The van der Waals surface area contributed by atoms with Crippen LogP contribution in [0.3, 0.4) is 0 Å². The summed E-state index contributed by atoms with van der Waals surface area (Å²) in [6.45, 7) is 4.00. The molecule has 0 fully saturated rings. The molecule has 0 saturated carbocycles. The van der Waals surface area contributed by atoms with Crippen LogP contribution in [0, 0.1) is 19.7 Å². The SMILES string of the molecule is Cc1ccc(-c2ccc(=O)n(CCCC(=O)Nc3ccc(C)c(F)c3)n2)cc1. The van der Waals surface area contributed by atoms with Gasteiger partial charge in [-0.25, -0.2) is 9.07 Å². The zero-order valence-electron chi connectivity index (χ0n) is 15.9. The molecule has 0 aliphatic rings. The Hall–Kier alpha value is -3.28. The highest BCUT2D eigenvalue weighted by Gasteiger charge is 2.07.